The average molecular weight is 587 g/mol. The van der Waals surface area contributed by atoms with Crippen molar-refractivity contribution in [1.82, 2.24) is 0 Å². The fourth-order valence-electron chi connectivity index (χ4n) is 7.04. The third-order valence-electron chi connectivity index (χ3n) is 8.99. The molecule has 0 amide bonds. The highest BCUT2D eigenvalue weighted by Crippen LogP contribution is 2.64. The monoisotopic (exact) mass is 586 g/mol. The van der Waals surface area contributed by atoms with Gasteiger partial charge in [0.2, 0.25) is 0 Å². The van der Waals surface area contributed by atoms with E-state index in [-0.39, 0.29) is 66.3 Å². The minimum absolute atomic E-state index is 0.0291. The van der Waals surface area contributed by atoms with E-state index in [4.69, 9.17) is 18.9 Å². The van der Waals surface area contributed by atoms with E-state index in [9.17, 15) is 35.7 Å². The van der Waals surface area contributed by atoms with Gasteiger partial charge in [-0.15, -0.1) is 0 Å². The number of benzene rings is 4. The average Bonchev–Trinajstić information content (AvgIpc) is 3.44. The molecule has 4 aromatic carbocycles. The highest BCUT2D eigenvalue weighted by molar-refractivity contribution is 5.77. The predicted octanol–water partition coefficient (Wildman–Crippen LogP) is 3.26. The Kier molecular flexibility index (Phi) is 5.03. The van der Waals surface area contributed by atoms with Crippen molar-refractivity contribution in [2.45, 2.75) is 35.9 Å². The van der Waals surface area contributed by atoms with Gasteiger partial charge in [0.15, 0.2) is 40.5 Å². The van der Waals surface area contributed by atoms with Crippen LogP contribution in [0.5, 0.6) is 46.0 Å². The minimum atomic E-state index is -1.90. The first-order valence-corrected chi connectivity index (χ1v) is 13.6. The zero-order valence-electron chi connectivity index (χ0n) is 22.4. The van der Waals surface area contributed by atoms with E-state index in [0.29, 0.717) is 39.1 Å². The number of hydrogen-bond donors (Lipinski definition) is 7. The van der Waals surface area contributed by atoms with Gasteiger partial charge in [-0.3, -0.25) is 0 Å². The summed E-state index contributed by atoms with van der Waals surface area (Å²) in [5.74, 6) is -0.968. The van der Waals surface area contributed by atoms with E-state index in [1.807, 2.05) is 0 Å². The van der Waals surface area contributed by atoms with Crippen LogP contribution in [0.3, 0.4) is 0 Å². The maximum absolute atomic E-state index is 12.4. The molecule has 0 saturated carbocycles. The molecule has 11 nitrogen and oxygen atoms in total. The first-order valence-electron chi connectivity index (χ1n) is 13.6. The second-order valence-electron chi connectivity index (χ2n) is 11.6. The number of hydrogen-bond acceptors (Lipinski definition) is 11. The lowest BCUT2D eigenvalue weighted by Crippen LogP contribution is -2.54. The summed E-state index contributed by atoms with van der Waals surface area (Å²) in [5.41, 5.74) is -1.46. The van der Waals surface area contributed by atoms with Crippen molar-refractivity contribution in [3.05, 3.63) is 82.9 Å². The molecular weight excluding hydrogens is 560 g/mol. The molecule has 3 aliphatic heterocycles. The molecule has 3 heterocycles. The Morgan fingerprint density at radius 3 is 2.02 bits per heavy atom. The van der Waals surface area contributed by atoms with Crippen molar-refractivity contribution in [3.8, 4) is 57.1 Å². The first kappa shape index (κ1) is 25.8. The topological polar surface area (TPSA) is 179 Å². The standard InChI is InChI=1S/C32H26O11/c33-17-1-3-19-20-9-25(37)23(35)5-15(20)11-30(39,13-40-27(19)7-17)29-42-31-12-16-6-24(36)26(38)10-22(16)32(31,43-29)21-4-2-18(34)8-28(21)41-14-31/h1-10,29,33-39H,11-14H2/t29-,30-,31-,32-/m1/s1. The number of ether oxygens (including phenoxy) is 4. The fraction of sp³-hybridized carbons (Fsp3) is 0.250. The summed E-state index contributed by atoms with van der Waals surface area (Å²) in [7, 11) is 0. The molecule has 11 heteroatoms. The number of phenols is 6. The smallest absolute Gasteiger partial charge is 0.192 e. The van der Waals surface area contributed by atoms with Crippen LogP contribution < -0.4 is 9.47 Å². The molecule has 8 rings (SSSR count). The van der Waals surface area contributed by atoms with Crippen LogP contribution in [0.25, 0.3) is 11.1 Å². The summed E-state index contributed by atoms with van der Waals surface area (Å²) >= 11 is 0. The zero-order chi connectivity index (χ0) is 29.9. The highest BCUT2D eigenvalue weighted by atomic mass is 16.8. The maximum atomic E-state index is 12.4. The van der Waals surface area contributed by atoms with E-state index in [2.05, 4.69) is 0 Å². The van der Waals surface area contributed by atoms with Crippen LogP contribution in [-0.4, -0.2) is 66.5 Å². The Hall–Kier alpha value is -4.84. The van der Waals surface area contributed by atoms with Crippen molar-refractivity contribution in [2.24, 2.45) is 0 Å². The zero-order valence-corrected chi connectivity index (χ0v) is 22.4. The Balaban J connectivity index is 1.29. The van der Waals surface area contributed by atoms with Gasteiger partial charge in [0.1, 0.15) is 41.8 Å². The van der Waals surface area contributed by atoms with Gasteiger partial charge in [-0.1, -0.05) is 0 Å². The molecular formula is C32H26O11. The molecule has 1 saturated heterocycles. The van der Waals surface area contributed by atoms with E-state index >= 15 is 0 Å². The van der Waals surface area contributed by atoms with Crippen molar-refractivity contribution in [1.29, 1.82) is 0 Å². The molecule has 1 fully saturated rings. The summed E-state index contributed by atoms with van der Waals surface area (Å²) in [4.78, 5) is 0. The molecule has 7 N–H and O–H groups in total. The second kappa shape index (κ2) is 8.38. The summed E-state index contributed by atoms with van der Waals surface area (Å²) in [6.45, 7) is -0.395. The first-order chi connectivity index (χ1) is 20.5. The fourth-order valence-corrected chi connectivity index (χ4v) is 7.04. The quantitative estimate of drug-likeness (QED) is 0.163. The largest absolute Gasteiger partial charge is 0.508 e. The Morgan fingerprint density at radius 2 is 1.23 bits per heavy atom. The van der Waals surface area contributed by atoms with Crippen LogP contribution in [0.15, 0.2) is 60.7 Å². The number of phenolic OH excluding ortho intramolecular Hbond substituents is 6. The Labute approximate surface area is 244 Å². The molecule has 4 aromatic rings. The Morgan fingerprint density at radius 1 is 0.581 bits per heavy atom. The van der Waals surface area contributed by atoms with Crippen molar-refractivity contribution in [2.75, 3.05) is 13.2 Å². The molecule has 4 atom stereocenters. The third-order valence-corrected chi connectivity index (χ3v) is 8.99. The molecule has 1 aliphatic carbocycles. The molecule has 4 aliphatic rings. The van der Waals surface area contributed by atoms with Gasteiger partial charge in [0.25, 0.3) is 0 Å². The lowest BCUT2D eigenvalue weighted by atomic mass is 9.76. The van der Waals surface area contributed by atoms with Crippen LogP contribution in [0.4, 0.5) is 0 Å². The SMILES string of the molecule is Oc1ccc2c(c1)OC[C@@](O)([C@@H]1O[C@]34COc5cc(O)ccc5[C@@]3(O1)c1cc(O)c(O)cc1C4)Cc1cc(O)c(O)cc1-2. The number of aliphatic hydroxyl groups is 1. The van der Waals surface area contributed by atoms with E-state index in [1.54, 1.807) is 12.1 Å². The van der Waals surface area contributed by atoms with Crippen LogP contribution in [-0.2, 0) is 27.9 Å². The third kappa shape index (κ3) is 3.40. The summed E-state index contributed by atoms with van der Waals surface area (Å²) in [5, 5.41) is 74.3. The number of rotatable bonds is 1. The van der Waals surface area contributed by atoms with Crippen molar-refractivity contribution < 1.29 is 54.7 Å². The van der Waals surface area contributed by atoms with Gasteiger partial charge in [0, 0.05) is 36.1 Å². The molecule has 0 aromatic heterocycles. The summed E-state index contributed by atoms with van der Waals surface area (Å²) in [6.07, 6.45) is -1.29. The maximum Gasteiger partial charge on any atom is 0.192 e. The molecule has 220 valence electrons. The van der Waals surface area contributed by atoms with Crippen LogP contribution in [0.2, 0.25) is 0 Å². The van der Waals surface area contributed by atoms with Crippen molar-refractivity contribution >= 4 is 0 Å². The summed E-state index contributed by atoms with van der Waals surface area (Å²) < 4.78 is 25.6. The van der Waals surface area contributed by atoms with Gasteiger partial charge < -0.3 is 54.7 Å². The normalized spacial score (nSPS) is 28.1. The van der Waals surface area contributed by atoms with Crippen LogP contribution in [0.1, 0.15) is 22.3 Å². The van der Waals surface area contributed by atoms with Crippen LogP contribution >= 0.6 is 0 Å². The van der Waals surface area contributed by atoms with Gasteiger partial charge in [-0.25, -0.2) is 0 Å². The van der Waals surface area contributed by atoms with Gasteiger partial charge >= 0.3 is 0 Å². The number of aromatic hydroxyl groups is 6. The number of fused-ring (bicyclic) bond motifs is 5. The molecule has 0 unspecified atom stereocenters. The minimum Gasteiger partial charge on any atom is -0.508 e. The molecule has 43 heavy (non-hydrogen) atoms. The molecule has 0 spiro atoms. The van der Waals surface area contributed by atoms with E-state index < -0.39 is 23.1 Å². The van der Waals surface area contributed by atoms with E-state index in [1.165, 1.54) is 48.5 Å². The predicted molar refractivity (Wildman–Crippen MR) is 148 cm³/mol. The van der Waals surface area contributed by atoms with Gasteiger partial charge in [0.05, 0.1) is 0 Å². The van der Waals surface area contributed by atoms with Crippen LogP contribution in [0, 0.1) is 0 Å². The second-order valence-corrected chi connectivity index (χ2v) is 11.6. The lowest BCUT2D eigenvalue weighted by Gasteiger charge is -2.42. The van der Waals surface area contributed by atoms with Gasteiger partial charge in [-0.2, -0.15) is 0 Å². The highest BCUT2D eigenvalue weighted by Gasteiger charge is 2.72. The van der Waals surface area contributed by atoms with E-state index in [0.717, 1.165) is 0 Å². The molecule has 0 bridgehead atoms. The van der Waals surface area contributed by atoms with Crippen molar-refractivity contribution in [3.63, 3.8) is 0 Å². The Bertz CT molecular complexity index is 1850. The lowest BCUT2D eigenvalue weighted by molar-refractivity contribution is -0.218. The molecule has 0 radical (unpaired) electrons. The van der Waals surface area contributed by atoms with Gasteiger partial charge in [-0.05, 0) is 70.8 Å². The summed E-state index contributed by atoms with van der Waals surface area (Å²) in [6, 6.07) is 14.6.